The second-order valence-electron chi connectivity index (χ2n) is 10.5. The van der Waals surface area contributed by atoms with Gasteiger partial charge in [0.25, 0.3) is 0 Å². The summed E-state index contributed by atoms with van der Waals surface area (Å²) in [6, 6.07) is 0.985. The number of aliphatic hydroxyl groups excluding tert-OH is 1. The van der Waals surface area contributed by atoms with Gasteiger partial charge < -0.3 is 40.6 Å². The highest BCUT2D eigenvalue weighted by atomic mass is 31.2. The SMILES string of the molecule is CCCN(CC(=O)NC(CC(C)C)C(=O)NCC(=O)NC(CO)C(=O)NCC(C)OP(=O)(O)OCCc1ccco1)C(C)=O. The number of rotatable bonds is 21. The molecule has 0 aliphatic rings. The summed E-state index contributed by atoms with van der Waals surface area (Å²) >= 11 is 0. The van der Waals surface area contributed by atoms with Crippen molar-refractivity contribution < 1.29 is 52.0 Å². The summed E-state index contributed by atoms with van der Waals surface area (Å²) in [7, 11) is -4.44. The number of phosphoric acid groups is 1. The van der Waals surface area contributed by atoms with E-state index in [9.17, 15) is 38.5 Å². The van der Waals surface area contributed by atoms with Gasteiger partial charge in [0.05, 0.1) is 38.7 Å². The van der Waals surface area contributed by atoms with Crippen molar-refractivity contribution >= 4 is 37.4 Å². The van der Waals surface area contributed by atoms with E-state index in [0.717, 1.165) is 0 Å². The highest BCUT2D eigenvalue weighted by Crippen LogP contribution is 2.44. The van der Waals surface area contributed by atoms with E-state index in [0.29, 0.717) is 18.7 Å². The summed E-state index contributed by atoms with van der Waals surface area (Å²) < 4.78 is 27.1. The molecule has 0 fully saturated rings. The molecule has 1 rings (SSSR count). The Balaban J connectivity index is 2.54. The number of aliphatic hydroxyl groups is 1. The minimum absolute atomic E-state index is 0.0151. The monoisotopic (exact) mass is 647 g/mol. The fourth-order valence-corrected chi connectivity index (χ4v) is 4.76. The van der Waals surface area contributed by atoms with Crippen molar-refractivity contribution in [1.29, 1.82) is 0 Å². The fourth-order valence-electron chi connectivity index (χ4n) is 3.84. The molecule has 17 heteroatoms. The van der Waals surface area contributed by atoms with E-state index in [1.165, 1.54) is 25.0 Å². The number of amides is 5. The maximum Gasteiger partial charge on any atom is 0.472 e. The van der Waals surface area contributed by atoms with Gasteiger partial charge >= 0.3 is 7.82 Å². The number of phosphoric ester groups is 1. The summed E-state index contributed by atoms with van der Waals surface area (Å²) in [5.74, 6) is -2.45. The number of nitrogens with zero attached hydrogens (tertiary/aromatic N) is 1. The molecule has 0 aliphatic carbocycles. The second-order valence-corrected chi connectivity index (χ2v) is 11.9. The normalized spacial score (nSPS) is 14.5. The van der Waals surface area contributed by atoms with Crippen molar-refractivity contribution in [3.8, 4) is 0 Å². The van der Waals surface area contributed by atoms with E-state index in [4.69, 9.17) is 13.5 Å². The van der Waals surface area contributed by atoms with Crippen LogP contribution >= 0.6 is 7.82 Å². The van der Waals surface area contributed by atoms with Crippen LogP contribution in [-0.4, -0.2) is 102 Å². The molecule has 0 aromatic carbocycles. The first-order valence-electron chi connectivity index (χ1n) is 14.4. The van der Waals surface area contributed by atoms with Crippen molar-refractivity contribution in [2.75, 3.05) is 39.4 Å². The quantitative estimate of drug-likeness (QED) is 0.0962. The molecule has 250 valence electrons. The Labute approximate surface area is 257 Å². The van der Waals surface area contributed by atoms with E-state index >= 15 is 0 Å². The van der Waals surface area contributed by atoms with Crippen LogP contribution in [0.4, 0.5) is 0 Å². The molecule has 1 aromatic heterocycles. The average Bonchev–Trinajstić information content (AvgIpc) is 3.45. The molecule has 0 saturated carbocycles. The summed E-state index contributed by atoms with van der Waals surface area (Å²) in [4.78, 5) is 73.2. The molecule has 1 aromatic rings. The summed E-state index contributed by atoms with van der Waals surface area (Å²) in [6.45, 7) is 6.80. The Morgan fingerprint density at radius 3 is 2.27 bits per heavy atom. The van der Waals surface area contributed by atoms with Crippen molar-refractivity contribution in [2.45, 2.75) is 72.1 Å². The van der Waals surface area contributed by atoms with Gasteiger partial charge in [-0.15, -0.1) is 0 Å². The Kier molecular flexibility index (Phi) is 17.5. The molecule has 4 unspecified atom stereocenters. The maximum absolute atomic E-state index is 12.8. The first-order chi connectivity index (χ1) is 20.7. The molecule has 0 aliphatic heterocycles. The molecule has 5 amide bonds. The lowest BCUT2D eigenvalue weighted by Gasteiger charge is -2.24. The predicted molar refractivity (Wildman–Crippen MR) is 158 cm³/mol. The van der Waals surface area contributed by atoms with Crippen molar-refractivity contribution in [1.82, 2.24) is 26.2 Å². The van der Waals surface area contributed by atoms with E-state index in [1.54, 1.807) is 12.1 Å². The lowest BCUT2D eigenvalue weighted by atomic mass is 10.0. The van der Waals surface area contributed by atoms with Crippen LogP contribution in [0.25, 0.3) is 0 Å². The van der Waals surface area contributed by atoms with Gasteiger partial charge in [-0.2, -0.15) is 0 Å². The first-order valence-corrected chi connectivity index (χ1v) is 15.9. The summed E-state index contributed by atoms with van der Waals surface area (Å²) in [5.41, 5.74) is 0. The lowest BCUT2D eigenvalue weighted by molar-refractivity contribution is -0.136. The third kappa shape index (κ3) is 16.0. The number of nitrogens with one attached hydrogen (secondary N) is 4. The zero-order chi connectivity index (χ0) is 33.3. The van der Waals surface area contributed by atoms with Gasteiger partial charge in [-0.05, 0) is 37.8 Å². The highest BCUT2D eigenvalue weighted by molar-refractivity contribution is 7.47. The van der Waals surface area contributed by atoms with Gasteiger partial charge in [0.15, 0.2) is 0 Å². The largest absolute Gasteiger partial charge is 0.472 e. The van der Waals surface area contributed by atoms with Gasteiger partial charge in [0.1, 0.15) is 17.8 Å². The Hall–Kier alpha value is -3.30. The fraction of sp³-hybridized carbons (Fsp3) is 0.667. The third-order valence-corrected chi connectivity index (χ3v) is 7.08. The van der Waals surface area contributed by atoms with Crippen molar-refractivity contribution in [2.24, 2.45) is 5.92 Å². The van der Waals surface area contributed by atoms with Crippen LogP contribution in [0.2, 0.25) is 0 Å². The van der Waals surface area contributed by atoms with E-state index in [-0.39, 0.29) is 44.4 Å². The number of hydrogen-bond acceptors (Lipinski definition) is 10. The summed E-state index contributed by atoms with van der Waals surface area (Å²) in [5, 5.41) is 19.3. The topological polar surface area (TPSA) is 226 Å². The molecule has 0 radical (unpaired) electrons. The van der Waals surface area contributed by atoms with Crippen LogP contribution in [0.3, 0.4) is 0 Å². The van der Waals surface area contributed by atoms with Gasteiger partial charge in [-0.25, -0.2) is 4.57 Å². The molecule has 44 heavy (non-hydrogen) atoms. The van der Waals surface area contributed by atoms with Crippen LogP contribution in [0.5, 0.6) is 0 Å². The lowest BCUT2D eigenvalue weighted by Crippen LogP contribution is -2.54. The molecule has 0 saturated heterocycles. The Morgan fingerprint density at radius 1 is 1.05 bits per heavy atom. The number of carbonyl (C=O) groups is 5. The average molecular weight is 648 g/mol. The summed E-state index contributed by atoms with van der Waals surface area (Å²) in [6.07, 6.45) is 1.66. The van der Waals surface area contributed by atoms with E-state index in [2.05, 4.69) is 21.3 Å². The van der Waals surface area contributed by atoms with Crippen LogP contribution < -0.4 is 21.3 Å². The number of furan rings is 1. The van der Waals surface area contributed by atoms with Crippen LogP contribution in [-0.2, 0) is 44.0 Å². The van der Waals surface area contributed by atoms with Crippen molar-refractivity contribution in [3.05, 3.63) is 24.2 Å². The molecule has 0 bridgehead atoms. The standard InChI is InChI=1S/C27H46N5O11P/c1-6-10-32(20(5)34)16-25(36)30-22(13-18(2)3)26(37)29-15-24(35)31-23(17-33)27(38)28-14-19(4)43-44(39,40)42-12-9-21-8-7-11-41-21/h7-8,11,18-19,22-23,33H,6,9-10,12-17H2,1-5H3,(H,28,38)(H,29,37)(H,30,36)(H,31,35)(H,39,40). The van der Waals surface area contributed by atoms with Crippen LogP contribution in [0, 0.1) is 5.92 Å². The van der Waals surface area contributed by atoms with E-state index in [1.807, 2.05) is 20.8 Å². The zero-order valence-corrected chi connectivity index (χ0v) is 26.8. The number of carbonyl (C=O) groups excluding carboxylic acids is 5. The van der Waals surface area contributed by atoms with Crippen LogP contribution in [0.15, 0.2) is 22.8 Å². The molecule has 0 spiro atoms. The zero-order valence-electron chi connectivity index (χ0n) is 25.9. The minimum atomic E-state index is -4.44. The molecule has 6 N–H and O–H groups in total. The molecule has 1 heterocycles. The van der Waals surface area contributed by atoms with Gasteiger partial charge in [-0.3, -0.25) is 33.0 Å². The molecular weight excluding hydrogens is 601 g/mol. The second kappa shape index (κ2) is 19.9. The smallest absolute Gasteiger partial charge is 0.469 e. The minimum Gasteiger partial charge on any atom is -0.469 e. The predicted octanol–water partition coefficient (Wildman–Crippen LogP) is -0.157. The van der Waals surface area contributed by atoms with Crippen molar-refractivity contribution in [3.63, 3.8) is 0 Å². The van der Waals surface area contributed by atoms with Crippen LogP contribution in [0.1, 0.15) is 53.2 Å². The first kappa shape index (κ1) is 38.7. The number of hydrogen-bond donors (Lipinski definition) is 6. The van der Waals surface area contributed by atoms with Gasteiger partial charge in [0.2, 0.25) is 29.5 Å². The Morgan fingerprint density at radius 2 is 1.70 bits per heavy atom. The molecular formula is C27H46N5O11P. The van der Waals surface area contributed by atoms with Gasteiger partial charge in [0, 0.05) is 26.4 Å². The maximum atomic E-state index is 12.8. The highest BCUT2D eigenvalue weighted by Gasteiger charge is 2.27. The molecule has 16 nitrogen and oxygen atoms in total. The molecule has 4 atom stereocenters. The third-order valence-electron chi connectivity index (χ3n) is 5.95. The van der Waals surface area contributed by atoms with E-state index < -0.39 is 62.8 Å². The van der Waals surface area contributed by atoms with Gasteiger partial charge in [-0.1, -0.05) is 20.8 Å². The Bertz CT molecular complexity index is 1120.